The van der Waals surface area contributed by atoms with Gasteiger partial charge < -0.3 is 13.3 Å². The lowest BCUT2D eigenvalue weighted by atomic mass is 9.84. The van der Waals surface area contributed by atoms with Gasteiger partial charge in [0.1, 0.15) is 33.5 Å². The van der Waals surface area contributed by atoms with E-state index in [2.05, 4.69) is 152 Å². The van der Waals surface area contributed by atoms with Crippen molar-refractivity contribution < 1.29 is 13.3 Å². The average molecular weight is 735 g/mol. The van der Waals surface area contributed by atoms with Crippen LogP contribution in [-0.2, 0) is 6.42 Å². The first kappa shape index (κ1) is 30.6. The number of fused-ring (bicyclic) bond motifs is 13. The fourth-order valence-electron chi connectivity index (χ4n) is 9.69. The topological polar surface area (TPSA) is 39.4 Å². The molecule has 13 rings (SSSR count). The van der Waals surface area contributed by atoms with Crippen molar-refractivity contribution in [2.75, 3.05) is 0 Å². The fourth-order valence-corrected chi connectivity index (χ4v) is 11.1. The molecule has 1 aliphatic rings. The first-order valence-corrected chi connectivity index (χ1v) is 20.0. The van der Waals surface area contributed by atoms with Crippen LogP contribution in [0.1, 0.15) is 16.4 Å². The Balaban J connectivity index is 1.12. The molecule has 0 fully saturated rings. The van der Waals surface area contributed by atoms with Crippen LogP contribution in [0.4, 0.5) is 0 Å². The summed E-state index contributed by atoms with van der Waals surface area (Å²) in [7, 11) is 0. The highest BCUT2D eigenvalue weighted by Gasteiger charge is 2.35. The van der Waals surface area contributed by atoms with Gasteiger partial charge in [-0.05, 0) is 86.1 Å². The molecule has 262 valence electrons. The van der Waals surface area contributed by atoms with E-state index in [-0.39, 0.29) is 5.25 Å². The van der Waals surface area contributed by atoms with E-state index in [0.717, 1.165) is 72.2 Å². The Kier molecular flexibility index (Phi) is 6.22. The van der Waals surface area contributed by atoms with E-state index in [4.69, 9.17) is 13.3 Å². The summed E-state index contributed by atoms with van der Waals surface area (Å²) in [4.78, 5) is 1.20. The number of furan rings is 3. The Hall–Kier alpha value is -6.75. The minimum Gasteiger partial charge on any atom is -0.456 e. The summed E-state index contributed by atoms with van der Waals surface area (Å²) in [6, 6.07) is 58.6. The second-order valence-corrected chi connectivity index (χ2v) is 16.2. The predicted octanol–water partition coefficient (Wildman–Crippen LogP) is 15.4. The average Bonchev–Trinajstić information content (AvgIpc) is 4.03. The summed E-state index contributed by atoms with van der Waals surface area (Å²) < 4.78 is 20.4. The van der Waals surface area contributed by atoms with Crippen molar-refractivity contribution in [3.8, 4) is 22.3 Å². The van der Waals surface area contributed by atoms with Crippen LogP contribution >= 0.6 is 11.8 Å². The number of para-hydroxylation sites is 3. The highest BCUT2D eigenvalue weighted by Crippen LogP contribution is 2.57. The summed E-state index contributed by atoms with van der Waals surface area (Å²) >= 11 is 1.90. The zero-order valence-corrected chi connectivity index (χ0v) is 30.8. The molecule has 0 amide bonds. The van der Waals surface area contributed by atoms with Crippen molar-refractivity contribution in [2.24, 2.45) is 0 Å². The maximum atomic E-state index is 6.97. The van der Waals surface area contributed by atoms with Gasteiger partial charge in [0, 0.05) is 43.1 Å². The van der Waals surface area contributed by atoms with Crippen molar-refractivity contribution >= 4 is 99.1 Å². The third kappa shape index (κ3) is 4.14. The van der Waals surface area contributed by atoms with Gasteiger partial charge in [-0.2, -0.15) is 0 Å². The molecule has 3 aromatic heterocycles. The lowest BCUT2D eigenvalue weighted by Gasteiger charge is -2.19. The Morgan fingerprint density at radius 3 is 1.61 bits per heavy atom. The third-order valence-corrected chi connectivity index (χ3v) is 13.3. The maximum Gasteiger partial charge on any atom is 0.149 e. The number of hydrogen-bond donors (Lipinski definition) is 0. The fraction of sp³-hybridized carbons (Fsp3) is 0.0385. The summed E-state index contributed by atoms with van der Waals surface area (Å²) in [6.07, 6.45) is 0.822. The molecule has 1 atom stereocenters. The number of thioether (sulfide) groups is 1. The van der Waals surface area contributed by atoms with Crippen LogP contribution in [0, 0.1) is 0 Å². The molecule has 0 saturated heterocycles. The molecule has 4 heteroatoms. The van der Waals surface area contributed by atoms with E-state index in [0.29, 0.717) is 0 Å². The summed E-state index contributed by atoms with van der Waals surface area (Å²) in [5.41, 5.74) is 12.9. The quantitative estimate of drug-likeness (QED) is 0.169. The Morgan fingerprint density at radius 2 is 0.929 bits per heavy atom. The molecule has 3 nitrogen and oxygen atoms in total. The van der Waals surface area contributed by atoms with E-state index in [9.17, 15) is 0 Å². The number of benzene rings is 9. The molecule has 0 radical (unpaired) electrons. The Labute approximate surface area is 324 Å². The van der Waals surface area contributed by atoms with Gasteiger partial charge in [-0.15, -0.1) is 11.8 Å². The van der Waals surface area contributed by atoms with Crippen molar-refractivity contribution in [2.45, 2.75) is 16.6 Å². The van der Waals surface area contributed by atoms with E-state index in [1.807, 2.05) is 23.9 Å². The lowest BCUT2D eigenvalue weighted by Crippen LogP contribution is -1.95. The zero-order valence-electron chi connectivity index (χ0n) is 30.0. The van der Waals surface area contributed by atoms with Gasteiger partial charge in [-0.1, -0.05) is 133 Å². The van der Waals surface area contributed by atoms with Gasteiger partial charge in [0.25, 0.3) is 0 Å². The van der Waals surface area contributed by atoms with Gasteiger partial charge in [0.2, 0.25) is 0 Å². The lowest BCUT2D eigenvalue weighted by molar-refractivity contribution is 0.658. The SMILES string of the molecule is c1ccc(-c2c3ccccc3c(-c3cc4c(c5oc6ccccc6c35)SC(c3c5oc6ccccc6c5cc5oc6ccccc6c35)C4)c3ccccc23)cc1. The standard InChI is InChI=1S/C52H30O3S/c1-2-14-29(15-3-1)45-32-17-4-6-19-34(32)46(35-20-7-5-18-33(35)45)39-26-30-27-44(56-52(30)51-47(39)36-21-9-13-25-42(36)55-51)49-48-37-22-10-12-24-41(37)53-43(48)28-38-31-16-8-11-23-40(31)54-50(38)49/h1-26,28,44H,27H2. The van der Waals surface area contributed by atoms with Crippen molar-refractivity contribution in [1.29, 1.82) is 0 Å². The molecule has 1 aliphatic heterocycles. The van der Waals surface area contributed by atoms with Crippen molar-refractivity contribution in [3.63, 3.8) is 0 Å². The van der Waals surface area contributed by atoms with Gasteiger partial charge in [-0.25, -0.2) is 0 Å². The monoisotopic (exact) mass is 734 g/mol. The number of rotatable bonds is 3. The molecule has 9 aromatic carbocycles. The molecule has 0 saturated carbocycles. The Bertz CT molecular complexity index is 3540. The summed E-state index contributed by atoms with van der Waals surface area (Å²) in [5, 5.41) is 11.8. The predicted molar refractivity (Wildman–Crippen MR) is 233 cm³/mol. The molecular formula is C52H30O3S. The van der Waals surface area contributed by atoms with Crippen molar-refractivity contribution in [1.82, 2.24) is 0 Å². The van der Waals surface area contributed by atoms with Crippen LogP contribution in [0.15, 0.2) is 182 Å². The molecule has 0 spiro atoms. The molecule has 0 aliphatic carbocycles. The summed E-state index contributed by atoms with van der Waals surface area (Å²) in [5.74, 6) is 0. The third-order valence-electron chi connectivity index (χ3n) is 12.0. The maximum absolute atomic E-state index is 6.97. The van der Waals surface area contributed by atoms with Crippen LogP contribution in [0.25, 0.3) is 110 Å². The van der Waals surface area contributed by atoms with Crippen LogP contribution in [0.5, 0.6) is 0 Å². The smallest absolute Gasteiger partial charge is 0.149 e. The molecule has 4 heterocycles. The minimum absolute atomic E-state index is 0.0679. The van der Waals surface area contributed by atoms with E-state index in [1.165, 1.54) is 59.8 Å². The molecule has 0 bridgehead atoms. The summed E-state index contributed by atoms with van der Waals surface area (Å²) in [6.45, 7) is 0. The zero-order chi connectivity index (χ0) is 36.5. The van der Waals surface area contributed by atoms with Gasteiger partial charge in [-0.3, -0.25) is 0 Å². The first-order valence-electron chi connectivity index (χ1n) is 19.2. The first-order chi connectivity index (χ1) is 27.8. The minimum atomic E-state index is 0.0679. The van der Waals surface area contributed by atoms with E-state index < -0.39 is 0 Å². The normalized spacial score (nSPS) is 14.5. The molecular weight excluding hydrogens is 705 g/mol. The second-order valence-electron chi connectivity index (χ2n) is 15.0. The molecule has 12 aromatic rings. The van der Waals surface area contributed by atoms with Crippen LogP contribution in [0.2, 0.25) is 0 Å². The highest BCUT2D eigenvalue weighted by atomic mass is 32.2. The van der Waals surface area contributed by atoms with Gasteiger partial charge in [0.15, 0.2) is 0 Å². The molecule has 1 unspecified atom stereocenters. The second kappa shape index (κ2) is 11.4. The molecule has 56 heavy (non-hydrogen) atoms. The molecule has 0 N–H and O–H groups in total. The largest absolute Gasteiger partial charge is 0.456 e. The van der Waals surface area contributed by atoms with Gasteiger partial charge in [0.05, 0.1) is 4.90 Å². The number of hydrogen-bond acceptors (Lipinski definition) is 4. The van der Waals surface area contributed by atoms with Crippen LogP contribution < -0.4 is 0 Å². The van der Waals surface area contributed by atoms with E-state index >= 15 is 0 Å². The van der Waals surface area contributed by atoms with E-state index in [1.54, 1.807) is 0 Å². The van der Waals surface area contributed by atoms with Crippen LogP contribution in [-0.4, -0.2) is 0 Å². The highest BCUT2D eigenvalue weighted by molar-refractivity contribution is 8.00. The Morgan fingerprint density at radius 1 is 0.411 bits per heavy atom. The van der Waals surface area contributed by atoms with Gasteiger partial charge >= 0.3 is 0 Å². The van der Waals surface area contributed by atoms with Crippen LogP contribution in [0.3, 0.4) is 0 Å². The van der Waals surface area contributed by atoms with Crippen molar-refractivity contribution in [3.05, 3.63) is 175 Å².